The van der Waals surface area contributed by atoms with E-state index in [9.17, 15) is 0 Å². The van der Waals surface area contributed by atoms with Gasteiger partial charge in [-0.3, -0.25) is 0 Å². The maximum Gasteiger partial charge on any atom is 0.123 e. The minimum absolute atomic E-state index is 0.0951. The molecule has 0 radical (unpaired) electrons. The maximum atomic E-state index is 6.00. The highest BCUT2D eigenvalue weighted by Crippen LogP contribution is 2.32. The van der Waals surface area contributed by atoms with Gasteiger partial charge in [0.05, 0.1) is 0 Å². The van der Waals surface area contributed by atoms with E-state index < -0.39 is 0 Å². The first-order valence-electron chi connectivity index (χ1n) is 6.84. The van der Waals surface area contributed by atoms with Crippen molar-refractivity contribution in [2.24, 2.45) is 5.73 Å². The Hall–Kier alpha value is -1.02. The zero-order chi connectivity index (χ0) is 13.8. The van der Waals surface area contributed by atoms with Gasteiger partial charge in [-0.05, 0) is 36.0 Å². The molecule has 2 nitrogen and oxygen atoms in total. The second-order valence-electron chi connectivity index (χ2n) is 6.11. The average Bonchev–Trinajstić information content (AvgIpc) is 2.25. The summed E-state index contributed by atoms with van der Waals surface area (Å²) in [4.78, 5) is 0. The highest BCUT2D eigenvalue weighted by molar-refractivity contribution is 5.41. The van der Waals surface area contributed by atoms with Crippen molar-refractivity contribution in [3.8, 4) is 5.75 Å². The van der Waals surface area contributed by atoms with Gasteiger partial charge in [0.15, 0.2) is 0 Å². The Bertz CT molecular complexity index is 379. The van der Waals surface area contributed by atoms with Crippen molar-refractivity contribution in [3.63, 3.8) is 0 Å². The van der Waals surface area contributed by atoms with Gasteiger partial charge in [-0.1, -0.05) is 46.2 Å². The van der Waals surface area contributed by atoms with Crippen molar-refractivity contribution < 1.29 is 4.74 Å². The molecule has 0 aliphatic rings. The van der Waals surface area contributed by atoms with Crippen LogP contribution >= 0.6 is 0 Å². The van der Waals surface area contributed by atoms with Crippen LogP contribution in [0.2, 0.25) is 0 Å². The summed E-state index contributed by atoms with van der Waals surface area (Å²) >= 11 is 0. The number of rotatable bonds is 5. The zero-order valence-electron chi connectivity index (χ0n) is 12.4. The first-order valence-corrected chi connectivity index (χ1v) is 6.84. The smallest absolute Gasteiger partial charge is 0.123 e. The third-order valence-corrected chi connectivity index (χ3v) is 3.06. The molecule has 0 aliphatic carbocycles. The Labute approximate surface area is 112 Å². The maximum absolute atomic E-state index is 6.00. The van der Waals surface area contributed by atoms with Crippen LogP contribution in [0.15, 0.2) is 18.2 Å². The molecule has 0 amide bonds. The van der Waals surface area contributed by atoms with Crippen molar-refractivity contribution in [3.05, 3.63) is 29.3 Å². The molecule has 0 saturated carbocycles. The lowest BCUT2D eigenvalue weighted by atomic mass is 9.86. The average molecular weight is 249 g/mol. The fraction of sp³-hybridized carbons (Fsp3) is 0.625. The zero-order valence-corrected chi connectivity index (χ0v) is 12.4. The fourth-order valence-corrected chi connectivity index (χ4v) is 2.02. The van der Waals surface area contributed by atoms with Crippen LogP contribution in [-0.2, 0) is 5.41 Å². The third kappa shape index (κ3) is 4.34. The summed E-state index contributed by atoms with van der Waals surface area (Å²) < 4.78 is 5.93. The van der Waals surface area contributed by atoms with Gasteiger partial charge in [0.1, 0.15) is 12.4 Å². The van der Waals surface area contributed by atoms with E-state index in [-0.39, 0.29) is 11.5 Å². The van der Waals surface area contributed by atoms with Crippen LogP contribution < -0.4 is 10.5 Å². The minimum atomic E-state index is 0.0951. The number of aryl methyl sites for hydroxylation is 1. The molecule has 0 fully saturated rings. The molecule has 2 N–H and O–H groups in total. The van der Waals surface area contributed by atoms with E-state index in [0.29, 0.717) is 6.61 Å². The van der Waals surface area contributed by atoms with Crippen LogP contribution in [0.25, 0.3) is 0 Å². The molecule has 102 valence electrons. The molecule has 0 aliphatic heterocycles. The van der Waals surface area contributed by atoms with Crippen LogP contribution in [0.5, 0.6) is 5.75 Å². The molecule has 1 aromatic rings. The normalized spacial score (nSPS) is 13.4. The predicted molar refractivity (Wildman–Crippen MR) is 78.3 cm³/mol. The lowest BCUT2D eigenvalue weighted by Gasteiger charge is -2.24. The number of hydrogen-bond acceptors (Lipinski definition) is 2. The van der Waals surface area contributed by atoms with Crippen molar-refractivity contribution >= 4 is 0 Å². The Kier molecular flexibility index (Phi) is 5.21. The Morgan fingerprint density at radius 3 is 2.50 bits per heavy atom. The Balaban J connectivity index is 2.83. The van der Waals surface area contributed by atoms with E-state index in [0.717, 1.165) is 18.6 Å². The van der Waals surface area contributed by atoms with Gasteiger partial charge in [-0.25, -0.2) is 0 Å². The summed E-state index contributed by atoms with van der Waals surface area (Å²) in [7, 11) is 0. The molecule has 18 heavy (non-hydrogen) atoms. The minimum Gasteiger partial charge on any atom is -0.492 e. The SMILES string of the molecule is CCCC(N)COc1cc(C)ccc1C(C)(C)C. The number of benzene rings is 1. The Morgan fingerprint density at radius 2 is 1.94 bits per heavy atom. The highest BCUT2D eigenvalue weighted by Gasteiger charge is 2.19. The van der Waals surface area contributed by atoms with E-state index in [1.165, 1.54) is 11.1 Å². The van der Waals surface area contributed by atoms with Crippen LogP contribution in [0, 0.1) is 6.92 Å². The molecule has 1 aromatic carbocycles. The number of nitrogens with two attached hydrogens (primary N) is 1. The summed E-state index contributed by atoms with van der Waals surface area (Å²) in [5.74, 6) is 0.981. The molecule has 1 atom stereocenters. The van der Waals surface area contributed by atoms with Gasteiger partial charge in [0, 0.05) is 6.04 Å². The van der Waals surface area contributed by atoms with Crippen LogP contribution in [0.3, 0.4) is 0 Å². The molecule has 2 heteroatoms. The van der Waals surface area contributed by atoms with Crippen LogP contribution in [0.1, 0.15) is 51.7 Å². The molecule has 0 bridgehead atoms. The van der Waals surface area contributed by atoms with Gasteiger partial charge in [0.2, 0.25) is 0 Å². The predicted octanol–water partition coefficient (Wildman–Crippen LogP) is 3.80. The summed E-state index contributed by atoms with van der Waals surface area (Å²) in [6.45, 7) is 11.4. The second kappa shape index (κ2) is 6.24. The van der Waals surface area contributed by atoms with Gasteiger partial charge >= 0.3 is 0 Å². The lowest BCUT2D eigenvalue weighted by molar-refractivity contribution is 0.275. The van der Waals surface area contributed by atoms with Crippen molar-refractivity contribution in [2.75, 3.05) is 6.61 Å². The van der Waals surface area contributed by atoms with Gasteiger partial charge in [0.25, 0.3) is 0 Å². The van der Waals surface area contributed by atoms with Crippen LogP contribution in [-0.4, -0.2) is 12.6 Å². The third-order valence-electron chi connectivity index (χ3n) is 3.06. The molecule has 0 spiro atoms. The van der Waals surface area contributed by atoms with Gasteiger partial charge in [-0.2, -0.15) is 0 Å². The van der Waals surface area contributed by atoms with Gasteiger partial charge in [-0.15, -0.1) is 0 Å². The molecular formula is C16H27NO. The standard InChI is InChI=1S/C16H27NO/c1-6-7-13(17)11-18-15-10-12(2)8-9-14(15)16(3,4)5/h8-10,13H,6-7,11,17H2,1-5H3. The lowest BCUT2D eigenvalue weighted by Crippen LogP contribution is -2.28. The summed E-state index contributed by atoms with van der Waals surface area (Å²) in [5, 5.41) is 0. The second-order valence-corrected chi connectivity index (χ2v) is 6.11. The first-order chi connectivity index (χ1) is 8.34. The van der Waals surface area contributed by atoms with Gasteiger partial charge < -0.3 is 10.5 Å². The van der Waals surface area contributed by atoms with E-state index in [4.69, 9.17) is 10.5 Å². The fourth-order valence-electron chi connectivity index (χ4n) is 2.02. The van der Waals surface area contributed by atoms with Crippen molar-refractivity contribution in [1.29, 1.82) is 0 Å². The van der Waals surface area contributed by atoms with Crippen molar-refractivity contribution in [1.82, 2.24) is 0 Å². The highest BCUT2D eigenvalue weighted by atomic mass is 16.5. The number of hydrogen-bond donors (Lipinski definition) is 1. The molecule has 0 saturated heterocycles. The van der Waals surface area contributed by atoms with Crippen LogP contribution in [0.4, 0.5) is 0 Å². The summed E-state index contributed by atoms with van der Waals surface area (Å²) in [6.07, 6.45) is 2.11. The summed E-state index contributed by atoms with van der Waals surface area (Å²) in [5.41, 5.74) is 8.57. The first kappa shape index (κ1) is 15.0. The van der Waals surface area contributed by atoms with E-state index in [1.54, 1.807) is 0 Å². The Morgan fingerprint density at radius 1 is 1.28 bits per heavy atom. The largest absolute Gasteiger partial charge is 0.492 e. The van der Waals surface area contributed by atoms with E-state index in [1.807, 2.05) is 0 Å². The van der Waals surface area contributed by atoms with E-state index >= 15 is 0 Å². The molecule has 1 unspecified atom stereocenters. The quantitative estimate of drug-likeness (QED) is 0.861. The van der Waals surface area contributed by atoms with E-state index in [2.05, 4.69) is 52.8 Å². The molecule has 0 aromatic heterocycles. The molecular weight excluding hydrogens is 222 g/mol. The molecule has 1 rings (SSSR count). The molecule has 0 heterocycles. The van der Waals surface area contributed by atoms with Crippen molar-refractivity contribution in [2.45, 2.75) is 58.9 Å². The monoisotopic (exact) mass is 249 g/mol. The summed E-state index contributed by atoms with van der Waals surface area (Å²) in [6, 6.07) is 6.54. The topological polar surface area (TPSA) is 35.2 Å². The number of ether oxygens (including phenoxy) is 1.